The first-order valence-electron chi connectivity index (χ1n) is 6.49. The summed E-state index contributed by atoms with van der Waals surface area (Å²) in [5, 5.41) is 10.0. The number of aliphatic hydroxyl groups is 1. The molecule has 114 valence electrons. The lowest BCUT2D eigenvalue weighted by Crippen LogP contribution is -2.37. The van der Waals surface area contributed by atoms with Gasteiger partial charge in [0.05, 0.1) is 6.10 Å². The highest BCUT2D eigenvalue weighted by molar-refractivity contribution is 7.87. The Kier molecular flexibility index (Phi) is 5.32. The fraction of sp³-hybridized carbons (Fsp3) is 0.571. The summed E-state index contributed by atoms with van der Waals surface area (Å²) in [5.74, 6) is 0. The Morgan fingerprint density at radius 2 is 1.70 bits per heavy atom. The van der Waals surface area contributed by atoms with Crippen LogP contribution in [0.5, 0.6) is 0 Å². The molecular weight excluding hydrogens is 276 g/mol. The van der Waals surface area contributed by atoms with Crippen molar-refractivity contribution in [3.8, 4) is 0 Å². The van der Waals surface area contributed by atoms with Crippen molar-refractivity contribution in [3.63, 3.8) is 0 Å². The van der Waals surface area contributed by atoms with Gasteiger partial charge in [0, 0.05) is 20.6 Å². The van der Waals surface area contributed by atoms with Crippen LogP contribution in [0.2, 0.25) is 0 Å². The van der Waals surface area contributed by atoms with E-state index in [1.165, 1.54) is 19.7 Å². The lowest BCUT2D eigenvalue weighted by Gasteiger charge is -2.20. The average molecular weight is 300 g/mol. The van der Waals surface area contributed by atoms with Crippen molar-refractivity contribution in [3.05, 3.63) is 35.4 Å². The van der Waals surface area contributed by atoms with Crippen molar-refractivity contribution in [2.45, 2.75) is 32.3 Å². The summed E-state index contributed by atoms with van der Waals surface area (Å²) in [6.45, 7) is 6.30. The summed E-state index contributed by atoms with van der Waals surface area (Å²) in [6.07, 6.45) is -0.862. The largest absolute Gasteiger partial charge is 0.387 e. The van der Waals surface area contributed by atoms with Gasteiger partial charge in [-0.25, -0.2) is 0 Å². The van der Waals surface area contributed by atoms with Gasteiger partial charge < -0.3 is 5.11 Å². The highest BCUT2D eigenvalue weighted by atomic mass is 32.2. The number of rotatable bonds is 5. The Morgan fingerprint density at radius 1 is 1.20 bits per heavy atom. The van der Waals surface area contributed by atoms with Crippen LogP contribution in [0.3, 0.4) is 0 Å². The number of aliphatic hydroxyl groups excluding tert-OH is 1. The maximum absolute atomic E-state index is 11.6. The fourth-order valence-electron chi connectivity index (χ4n) is 1.64. The van der Waals surface area contributed by atoms with Crippen LogP contribution in [0.15, 0.2) is 24.3 Å². The first-order valence-corrected chi connectivity index (χ1v) is 7.93. The summed E-state index contributed by atoms with van der Waals surface area (Å²) in [4.78, 5) is 0. The Bertz CT molecular complexity index is 531. The number of hydrogen-bond acceptors (Lipinski definition) is 3. The number of benzene rings is 1. The van der Waals surface area contributed by atoms with Crippen molar-refractivity contribution in [2.24, 2.45) is 0 Å². The molecular formula is C14H24N2O3S. The van der Waals surface area contributed by atoms with Gasteiger partial charge in [0.1, 0.15) is 0 Å². The first kappa shape index (κ1) is 17.1. The lowest BCUT2D eigenvalue weighted by molar-refractivity contribution is 0.181. The van der Waals surface area contributed by atoms with Crippen molar-refractivity contribution in [1.82, 2.24) is 9.03 Å². The summed E-state index contributed by atoms with van der Waals surface area (Å²) in [5.41, 5.74) is 1.91. The third kappa shape index (κ3) is 4.56. The molecule has 0 saturated heterocycles. The smallest absolute Gasteiger partial charge is 0.279 e. The predicted molar refractivity (Wildman–Crippen MR) is 80.7 cm³/mol. The Balaban J connectivity index is 2.72. The molecule has 0 heterocycles. The van der Waals surface area contributed by atoms with E-state index in [9.17, 15) is 13.5 Å². The maximum Gasteiger partial charge on any atom is 0.279 e. The van der Waals surface area contributed by atoms with Crippen molar-refractivity contribution in [2.75, 3.05) is 20.6 Å². The summed E-state index contributed by atoms with van der Waals surface area (Å²) in [6, 6.07) is 7.57. The molecule has 1 atom stereocenters. The van der Waals surface area contributed by atoms with Crippen LogP contribution in [-0.2, 0) is 15.6 Å². The molecule has 1 rings (SSSR count). The highest BCUT2D eigenvalue weighted by Crippen LogP contribution is 2.23. The van der Waals surface area contributed by atoms with E-state index in [0.29, 0.717) is 5.56 Å². The minimum Gasteiger partial charge on any atom is -0.387 e. The van der Waals surface area contributed by atoms with Gasteiger partial charge in [-0.2, -0.15) is 17.4 Å². The monoisotopic (exact) mass is 300 g/mol. The zero-order chi connectivity index (χ0) is 15.6. The molecule has 0 saturated carbocycles. The van der Waals surface area contributed by atoms with E-state index < -0.39 is 16.3 Å². The van der Waals surface area contributed by atoms with E-state index in [1.807, 2.05) is 24.3 Å². The van der Waals surface area contributed by atoms with Crippen LogP contribution in [0.4, 0.5) is 0 Å². The van der Waals surface area contributed by atoms with Gasteiger partial charge in [0.15, 0.2) is 0 Å². The zero-order valence-corrected chi connectivity index (χ0v) is 13.5. The van der Waals surface area contributed by atoms with Gasteiger partial charge in [0.25, 0.3) is 10.2 Å². The molecule has 0 bridgehead atoms. The Hall–Kier alpha value is -0.950. The third-order valence-electron chi connectivity index (χ3n) is 3.10. The quantitative estimate of drug-likeness (QED) is 0.864. The van der Waals surface area contributed by atoms with E-state index >= 15 is 0 Å². The first-order chi connectivity index (χ1) is 9.04. The highest BCUT2D eigenvalue weighted by Gasteiger charge is 2.17. The molecule has 0 aliphatic heterocycles. The van der Waals surface area contributed by atoms with Gasteiger partial charge in [-0.3, -0.25) is 0 Å². The van der Waals surface area contributed by atoms with Gasteiger partial charge in [-0.05, 0) is 16.5 Å². The van der Waals surface area contributed by atoms with Crippen molar-refractivity contribution < 1.29 is 13.5 Å². The summed E-state index contributed by atoms with van der Waals surface area (Å²) >= 11 is 0. The van der Waals surface area contributed by atoms with Crippen LogP contribution < -0.4 is 4.72 Å². The van der Waals surface area contributed by atoms with E-state index in [0.717, 1.165) is 4.31 Å². The fourth-order valence-corrected chi connectivity index (χ4v) is 2.26. The molecule has 1 unspecified atom stereocenters. The van der Waals surface area contributed by atoms with Crippen LogP contribution >= 0.6 is 0 Å². The third-order valence-corrected chi connectivity index (χ3v) is 4.59. The molecule has 1 aromatic carbocycles. The molecule has 0 fully saturated rings. The molecule has 0 radical (unpaired) electrons. The summed E-state index contributed by atoms with van der Waals surface area (Å²) in [7, 11) is -0.635. The Morgan fingerprint density at radius 3 is 2.10 bits per heavy atom. The van der Waals surface area contributed by atoms with Crippen molar-refractivity contribution in [1.29, 1.82) is 0 Å². The standard InChI is InChI=1S/C14H24N2O3S/c1-14(2,3)12-8-6-11(7-9-12)13(17)10-15-20(18,19)16(4)5/h6-9,13,15,17H,10H2,1-5H3. The molecule has 0 spiro atoms. The van der Waals surface area contributed by atoms with Gasteiger partial charge in [0.2, 0.25) is 0 Å². The minimum atomic E-state index is -3.51. The molecule has 2 N–H and O–H groups in total. The molecule has 0 amide bonds. The molecule has 0 aliphatic carbocycles. The van der Waals surface area contributed by atoms with Crippen molar-refractivity contribution >= 4 is 10.2 Å². The normalized spacial score (nSPS) is 14.6. The van der Waals surface area contributed by atoms with E-state index in [4.69, 9.17) is 0 Å². The van der Waals surface area contributed by atoms with E-state index in [2.05, 4.69) is 25.5 Å². The second-order valence-corrected chi connectivity index (χ2v) is 7.99. The van der Waals surface area contributed by atoms with Crippen LogP contribution in [0.25, 0.3) is 0 Å². The second kappa shape index (κ2) is 6.22. The van der Waals surface area contributed by atoms with E-state index in [1.54, 1.807) is 0 Å². The molecule has 6 heteroatoms. The van der Waals surface area contributed by atoms with Crippen LogP contribution in [0, 0.1) is 0 Å². The molecule has 5 nitrogen and oxygen atoms in total. The zero-order valence-electron chi connectivity index (χ0n) is 12.7. The topological polar surface area (TPSA) is 69.6 Å². The molecule has 20 heavy (non-hydrogen) atoms. The molecule has 0 aromatic heterocycles. The molecule has 0 aliphatic rings. The number of hydrogen-bond donors (Lipinski definition) is 2. The maximum atomic E-state index is 11.6. The summed E-state index contributed by atoms with van der Waals surface area (Å²) < 4.78 is 26.5. The van der Waals surface area contributed by atoms with Crippen LogP contribution in [-0.4, -0.2) is 38.5 Å². The van der Waals surface area contributed by atoms with E-state index in [-0.39, 0.29) is 12.0 Å². The Labute approximate surface area is 121 Å². The molecule has 1 aromatic rings. The number of nitrogens with one attached hydrogen (secondary N) is 1. The van der Waals surface area contributed by atoms with Gasteiger partial charge >= 0.3 is 0 Å². The van der Waals surface area contributed by atoms with Crippen LogP contribution in [0.1, 0.15) is 38.0 Å². The SMILES string of the molecule is CN(C)S(=O)(=O)NCC(O)c1ccc(C(C)(C)C)cc1. The lowest BCUT2D eigenvalue weighted by atomic mass is 9.86. The predicted octanol–water partition coefficient (Wildman–Crippen LogP) is 1.41. The minimum absolute atomic E-state index is 0.0463. The van der Waals surface area contributed by atoms with Gasteiger partial charge in [-0.1, -0.05) is 45.0 Å². The number of nitrogens with zero attached hydrogens (tertiary/aromatic N) is 1. The van der Waals surface area contributed by atoms with Gasteiger partial charge in [-0.15, -0.1) is 0 Å². The second-order valence-electron chi connectivity index (χ2n) is 6.02. The average Bonchev–Trinajstić information content (AvgIpc) is 2.35.